The predicted molar refractivity (Wildman–Crippen MR) is 84.4 cm³/mol. The summed E-state index contributed by atoms with van der Waals surface area (Å²) in [6.45, 7) is 0.760. The second-order valence-corrected chi connectivity index (χ2v) is 6.38. The number of ether oxygens (including phenoxy) is 1. The van der Waals surface area contributed by atoms with Crippen LogP contribution in [0.25, 0.3) is 0 Å². The minimum atomic E-state index is 0.239. The first kappa shape index (κ1) is 12.9. The van der Waals surface area contributed by atoms with Crippen molar-refractivity contribution in [1.82, 2.24) is 0 Å². The van der Waals surface area contributed by atoms with Gasteiger partial charge in [-0.2, -0.15) is 0 Å². The van der Waals surface area contributed by atoms with E-state index >= 15 is 0 Å². The number of hydrogen-bond donors (Lipinski definition) is 1. The molecule has 2 aromatic rings. The van der Waals surface area contributed by atoms with E-state index in [0.29, 0.717) is 17.8 Å². The third-order valence-corrected chi connectivity index (χ3v) is 5.01. The molecule has 0 amide bonds. The van der Waals surface area contributed by atoms with Gasteiger partial charge in [0, 0.05) is 12.0 Å². The fourth-order valence-corrected chi connectivity index (χ4v) is 3.67. The van der Waals surface area contributed by atoms with E-state index < -0.39 is 0 Å². The molecule has 0 bridgehead atoms. The van der Waals surface area contributed by atoms with Crippen molar-refractivity contribution in [2.24, 2.45) is 17.6 Å². The second-order valence-electron chi connectivity index (χ2n) is 6.38. The molecule has 1 heterocycles. The summed E-state index contributed by atoms with van der Waals surface area (Å²) in [5, 5.41) is 0. The Morgan fingerprint density at radius 1 is 1.00 bits per heavy atom. The Balaban J connectivity index is 1.45. The number of rotatable bonds is 3. The average Bonchev–Trinajstić information content (AvgIpc) is 3.35. The van der Waals surface area contributed by atoms with Gasteiger partial charge in [0.05, 0.1) is 6.61 Å². The molecule has 2 N–H and O–H groups in total. The van der Waals surface area contributed by atoms with Gasteiger partial charge in [-0.3, -0.25) is 0 Å². The summed E-state index contributed by atoms with van der Waals surface area (Å²) >= 11 is 0. The van der Waals surface area contributed by atoms with Crippen molar-refractivity contribution in [2.45, 2.75) is 24.8 Å². The molecular formula is C19H21NO. The fraction of sp³-hybridized carbons (Fsp3) is 0.368. The molecule has 2 heteroatoms. The lowest BCUT2D eigenvalue weighted by Gasteiger charge is -2.30. The van der Waals surface area contributed by atoms with Gasteiger partial charge >= 0.3 is 0 Å². The van der Waals surface area contributed by atoms with Crippen LogP contribution in [0.3, 0.4) is 0 Å². The standard InChI is InChI=1S/C19H21NO/c20-19(17-11-16(17)13-6-2-1-3-7-13)15-10-14-8-4-5-9-18(14)21-12-15/h1-9,15-17,19H,10-12,20H2. The van der Waals surface area contributed by atoms with Crippen molar-refractivity contribution in [2.75, 3.05) is 6.61 Å². The largest absolute Gasteiger partial charge is 0.493 e. The van der Waals surface area contributed by atoms with Crippen LogP contribution in [0.5, 0.6) is 5.75 Å². The van der Waals surface area contributed by atoms with Crippen LogP contribution in [0.4, 0.5) is 0 Å². The summed E-state index contributed by atoms with van der Waals surface area (Å²) in [5.74, 6) is 2.75. The number of para-hydroxylation sites is 1. The molecule has 0 aromatic heterocycles. The third-order valence-electron chi connectivity index (χ3n) is 5.01. The van der Waals surface area contributed by atoms with E-state index in [9.17, 15) is 0 Å². The van der Waals surface area contributed by atoms with Crippen LogP contribution in [0.15, 0.2) is 54.6 Å². The summed E-state index contributed by atoms with van der Waals surface area (Å²) < 4.78 is 5.90. The van der Waals surface area contributed by atoms with Crippen LogP contribution in [0.1, 0.15) is 23.5 Å². The second kappa shape index (κ2) is 5.19. The molecule has 1 fully saturated rings. The zero-order chi connectivity index (χ0) is 14.2. The van der Waals surface area contributed by atoms with Gasteiger partial charge in [-0.1, -0.05) is 48.5 Å². The topological polar surface area (TPSA) is 35.2 Å². The molecule has 4 unspecified atom stereocenters. The lowest BCUT2D eigenvalue weighted by atomic mass is 9.87. The molecular weight excluding hydrogens is 258 g/mol. The molecule has 0 saturated heterocycles. The molecule has 0 spiro atoms. The Kier molecular flexibility index (Phi) is 3.19. The zero-order valence-corrected chi connectivity index (χ0v) is 12.1. The van der Waals surface area contributed by atoms with Gasteiger partial charge < -0.3 is 10.5 Å². The highest BCUT2D eigenvalue weighted by atomic mass is 16.5. The van der Waals surface area contributed by atoms with E-state index in [1.807, 2.05) is 6.07 Å². The van der Waals surface area contributed by atoms with Gasteiger partial charge in [-0.15, -0.1) is 0 Å². The van der Waals surface area contributed by atoms with Crippen molar-refractivity contribution in [3.05, 3.63) is 65.7 Å². The fourth-order valence-electron chi connectivity index (χ4n) is 3.67. The summed E-state index contributed by atoms with van der Waals surface area (Å²) in [5.41, 5.74) is 9.31. The first-order chi connectivity index (χ1) is 10.3. The maximum atomic E-state index is 6.56. The van der Waals surface area contributed by atoms with Crippen LogP contribution < -0.4 is 10.5 Å². The van der Waals surface area contributed by atoms with E-state index in [2.05, 4.69) is 48.5 Å². The first-order valence-electron chi connectivity index (χ1n) is 7.84. The SMILES string of the molecule is NC(C1COc2ccccc2C1)C1CC1c1ccccc1. The molecule has 1 saturated carbocycles. The molecule has 4 atom stereocenters. The lowest BCUT2D eigenvalue weighted by molar-refractivity contribution is 0.190. The highest BCUT2D eigenvalue weighted by Crippen LogP contribution is 2.51. The molecule has 1 aliphatic heterocycles. The summed E-state index contributed by atoms with van der Waals surface area (Å²) in [4.78, 5) is 0. The summed E-state index contributed by atoms with van der Waals surface area (Å²) in [7, 11) is 0. The smallest absolute Gasteiger partial charge is 0.122 e. The third kappa shape index (κ3) is 2.44. The van der Waals surface area contributed by atoms with Gasteiger partial charge in [0.25, 0.3) is 0 Å². The maximum absolute atomic E-state index is 6.56. The van der Waals surface area contributed by atoms with Crippen molar-refractivity contribution in [3.63, 3.8) is 0 Å². The van der Waals surface area contributed by atoms with Crippen molar-refractivity contribution >= 4 is 0 Å². The number of nitrogens with two attached hydrogens (primary N) is 1. The predicted octanol–water partition coefficient (Wildman–Crippen LogP) is 3.37. The van der Waals surface area contributed by atoms with Crippen LogP contribution >= 0.6 is 0 Å². The Morgan fingerprint density at radius 3 is 2.62 bits per heavy atom. The number of fused-ring (bicyclic) bond motifs is 1. The van der Waals surface area contributed by atoms with Crippen molar-refractivity contribution < 1.29 is 4.74 Å². The normalized spacial score (nSPS) is 28.3. The van der Waals surface area contributed by atoms with Crippen LogP contribution in [0, 0.1) is 11.8 Å². The van der Waals surface area contributed by atoms with E-state index in [1.54, 1.807) is 0 Å². The van der Waals surface area contributed by atoms with Gasteiger partial charge in [0.1, 0.15) is 5.75 Å². The van der Waals surface area contributed by atoms with Gasteiger partial charge in [-0.05, 0) is 41.9 Å². The molecule has 0 radical (unpaired) electrons. The zero-order valence-electron chi connectivity index (χ0n) is 12.1. The van der Waals surface area contributed by atoms with Gasteiger partial charge in [0.2, 0.25) is 0 Å². The van der Waals surface area contributed by atoms with Crippen molar-refractivity contribution in [1.29, 1.82) is 0 Å². The van der Waals surface area contributed by atoms with E-state index in [1.165, 1.54) is 17.5 Å². The Bertz CT molecular complexity index is 624. The Morgan fingerprint density at radius 2 is 1.76 bits per heavy atom. The molecule has 2 aliphatic rings. The lowest BCUT2D eigenvalue weighted by Crippen LogP contribution is -2.39. The van der Waals surface area contributed by atoms with E-state index in [4.69, 9.17) is 10.5 Å². The van der Waals surface area contributed by atoms with Gasteiger partial charge in [0.15, 0.2) is 0 Å². The number of hydrogen-bond acceptors (Lipinski definition) is 2. The molecule has 21 heavy (non-hydrogen) atoms. The average molecular weight is 279 g/mol. The van der Waals surface area contributed by atoms with Gasteiger partial charge in [-0.25, -0.2) is 0 Å². The molecule has 1 aliphatic carbocycles. The van der Waals surface area contributed by atoms with Crippen molar-refractivity contribution in [3.8, 4) is 5.75 Å². The van der Waals surface area contributed by atoms with E-state index in [0.717, 1.165) is 18.8 Å². The molecule has 108 valence electrons. The minimum Gasteiger partial charge on any atom is -0.493 e. The summed E-state index contributed by atoms with van der Waals surface area (Å²) in [6.07, 6.45) is 2.28. The molecule has 4 rings (SSSR count). The molecule has 2 nitrogen and oxygen atoms in total. The maximum Gasteiger partial charge on any atom is 0.122 e. The molecule has 2 aromatic carbocycles. The van der Waals surface area contributed by atoms with Crippen LogP contribution in [-0.2, 0) is 6.42 Å². The van der Waals surface area contributed by atoms with Crippen LogP contribution in [-0.4, -0.2) is 12.6 Å². The highest BCUT2D eigenvalue weighted by molar-refractivity contribution is 5.35. The number of benzene rings is 2. The van der Waals surface area contributed by atoms with E-state index in [-0.39, 0.29) is 6.04 Å². The van der Waals surface area contributed by atoms with Crippen LogP contribution in [0.2, 0.25) is 0 Å². The highest BCUT2D eigenvalue weighted by Gasteiger charge is 2.45. The quantitative estimate of drug-likeness (QED) is 0.935. The first-order valence-corrected chi connectivity index (χ1v) is 7.84. The minimum absolute atomic E-state index is 0.239. The monoisotopic (exact) mass is 279 g/mol. The Hall–Kier alpha value is -1.80. The summed E-state index contributed by atoms with van der Waals surface area (Å²) in [6, 6.07) is 19.3. The Labute approximate surface area is 125 Å².